The molecular weight excluding hydrogens is 440 g/mol. The van der Waals surface area contributed by atoms with Gasteiger partial charge in [0.25, 0.3) is 0 Å². The van der Waals surface area contributed by atoms with Crippen molar-refractivity contribution in [2.24, 2.45) is 0 Å². The number of rotatable bonds is 8. The van der Waals surface area contributed by atoms with Gasteiger partial charge in [0.05, 0.1) is 25.6 Å². The monoisotopic (exact) mass is 460 g/mol. The fourth-order valence-electron chi connectivity index (χ4n) is 2.66. The summed E-state index contributed by atoms with van der Waals surface area (Å²) in [5.74, 6) is 0.972. The van der Waals surface area contributed by atoms with Crippen molar-refractivity contribution in [2.75, 3.05) is 30.2 Å². The molecule has 1 aromatic heterocycles. The van der Waals surface area contributed by atoms with E-state index < -0.39 is 6.03 Å². The molecule has 162 valence electrons. The summed E-state index contributed by atoms with van der Waals surface area (Å²) in [4.78, 5) is 28.7. The van der Waals surface area contributed by atoms with Gasteiger partial charge in [-0.2, -0.15) is 0 Å². The molecule has 2 aromatic carbocycles. The van der Waals surface area contributed by atoms with E-state index in [1.807, 2.05) is 0 Å². The Kier molecular flexibility index (Phi) is 7.69. The van der Waals surface area contributed by atoms with Gasteiger partial charge < -0.3 is 20.1 Å². The first kappa shape index (κ1) is 22.4. The lowest BCUT2D eigenvalue weighted by Gasteiger charge is -2.11. The molecule has 0 aliphatic rings. The molecule has 1 heterocycles. The van der Waals surface area contributed by atoms with E-state index in [2.05, 4.69) is 20.9 Å². The highest BCUT2D eigenvalue weighted by Gasteiger charge is 2.11. The van der Waals surface area contributed by atoms with Crippen molar-refractivity contribution < 1.29 is 19.1 Å². The van der Waals surface area contributed by atoms with Crippen molar-refractivity contribution in [1.29, 1.82) is 0 Å². The van der Waals surface area contributed by atoms with Crippen LogP contribution < -0.4 is 25.4 Å². The highest BCUT2D eigenvalue weighted by atomic mass is 35.5. The number of thiazole rings is 1. The normalized spacial score (nSPS) is 10.3. The van der Waals surface area contributed by atoms with Gasteiger partial charge in [-0.1, -0.05) is 17.7 Å². The number of anilines is 3. The second kappa shape index (κ2) is 10.6. The molecule has 3 aromatic rings. The summed E-state index contributed by atoms with van der Waals surface area (Å²) >= 11 is 7.19. The Labute approximate surface area is 188 Å². The van der Waals surface area contributed by atoms with E-state index in [0.717, 1.165) is 0 Å². The molecular formula is C21H21ClN4O4S. The molecule has 0 aliphatic heterocycles. The highest BCUT2D eigenvalue weighted by Crippen LogP contribution is 2.29. The van der Waals surface area contributed by atoms with Gasteiger partial charge in [0.2, 0.25) is 5.91 Å². The van der Waals surface area contributed by atoms with Crippen LogP contribution in [0.3, 0.4) is 0 Å². The maximum atomic E-state index is 12.3. The van der Waals surface area contributed by atoms with E-state index in [0.29, 0.717) is 45.1 Å². The van der Waals surface area contributed by atoms with Gasteiger partial charge >= 0.3 is 6.03 Å². The van der Waals surface area contributed by atoms with Crippen molar-refractivity contribution in [1.82, 2.24) is 4.98 Å². The number of benzene rings is 2. The second-order valence-electron chi connectivity index (χ2n) is 6.35. The summed E-state index contributed by atoms with van der Waals surface area (Å²) in [6, 6.07) is 11.6. The van der Waals surface area contributed by atoms with Crippen LogP contribution in [0.25, 0.3) is 0 Å². The number of urea groups is 1. The summed E-state index contributed by atoms with van der Waals surface area (Å²) in [5.41, 5.74) is 1.85. The number of ether oxygens (including phenoxy) is 2. The van der Waals surface area contributed by atoms with Crippen LogP contribution >= 0.6 is 22.9 Å². The number of carbonyl (C=O) groups is 2. The summed E-state index contributed by atoms with van der Waals surface area (Å²) < 4.78 is 10.4. The summed E-state index contributed by atoms with van der Waals surface area (Å²) in [5, 5.41) is 10.9. The van der Waals surface area contributed by atoms with Crippen LogP contribution in [-0.2, 0) is 11.2 Å². The maximum Gasteiger partial charge on any atom is 0.325 e. The molecule has 0 saturated heterocycles. The van der Waals surface area contributed by atoms with Gasteiger partial charge in [0, 0.05) is 28.6 Å². The molecule has 3 N–H and O–H groups in total. The molecule has 0 fully saturated rings. The SMILES string of the molecule is COc1ccc(NC(=O)CCc2csc(NC(=O)Nc3cccc(Cl)c3)n2)c(OC)c1. The zero-order chi connectivity index (χ0) is 22.2. The Bertz CT molecular complexity index is 1070. The number of nitrogens with one attached hydrogen (secondary N) is 3. The van der Waals surface area contributed by atoms with Crippen LogP contribution in [0.4, 0.5) is 21.3 Å². The van der Waals surface area contributed by atoms with Crippen LogP contribution in [0.2, 0.25) is 5.02 Å². The van der Waals surface area contributed by atoms with Crippen molar-refractivity contribution in [2.45, 2.75) is 12.8 Å². The third-order valence-electron chi connectivity index (χ3n) is 4.15. The lowest BCUT2D eigenvalue weighted by atomic mass is 10.2. The van der Waals surface area contributed by atoms with Crippen LogP contribution in [0.15, 0.2) is 47.8 Å². The van der Waals surface area contributed by atoms with Crippen molar-refractivity contribution in [3.8, 4) is 11.5 Å². The first-order chi connectivity index (χ1) is 15.0. The fourth-order valence-corrected chi connectivity index (χ4v) is 3.59. The van der Waals surface area contributed by atoms with E-state index in [1.165, 1.54) is 18.4 Å². The smallest absolute Gasteiger partial charge is 0.325 e. The molecule has 3 rings (SSSR count). The van der Waals surface area contributed by atoms with Crippen LogP contribution in [-0.4, -0.2) is 31.1 Å². The van der Waals surface area contributed by atoms with Crippen LogP contribution in [0.5, 0.6) is 11.5 Å². The average Bonchev–Trinajstić information content (AvgIpc) is 3.19. The largest absolute Gasteiger partial charge is 0.497 e. The Morgan fingerprint density at radius 1 is 1.06 bits per heavy atom. The minimum Gasteiger partial charge on any atom is -0.497 e. The number of hydrogen-bond acceptors (Lipinski definition) is 6. The summed E-state index contributed by atoms with van der Waals surface area (Å²) in [7, 11) is 3.09. The number of hydrogen-bond donors (Lipinski definition) is 3. The molecule has 8 nitrogen and oxygen atoms in total. The van der Waals surface area contributed by atoms with Gasteiger partial charge in [0.15, 0.2) is 5.13 Å². The number of amides is 3. The molecule has 0 aliphatic carbocycles. The molecule has 0 spiro atoms. The van der Waals surface area contributed by atoms with E-state index in [-0.39, 0.29) is 12.3 Å². The van der Waals surface area contributed by atoms with Gasteiger partial charge in [-0.25, -0.2) is 9.78 Å². The Hall–Kier alpha value is -3.30. The van der Waals surface area contributed by atoms with E-state index in [4.69, 9.17) is 21.1 Å². The van der Waals surface area contributed by atoms with E-state index in [9.17, 15) is 9.59 Å². The number of aryl methyl sites for hydroxylation is 1. The van der Waals surface area contributed by atoms with Crippen LogP contribution in [0.1, 0.15) is 12.1 Å². The number of aromatic nitrogens is 1. The first-order valence-corrected chi connectivity index (χ1v) is 10.5. The molecule has 0 radical (unpaired) electrons. The number of nitrogens with zero attached hydrogens (tertiary/aromatic N) is 1. The van der Waals surface area contributed by atoms with E-state index in [1.54, 1.807) is 55.0 Å². The topological polar surface area (TPSA) is 102 Å². The lowest BCUT2D eigenvalue weighted by Crippen LogP contribution is -2.19. The maximum absolute atomic E-state index is 12.3. The lowest BCUT2D eigenvalue weighted by molar-refractivity contribution is -0.116. The van der Waals surface area contributed by atoms with Crippen molar-refractivity contribution in [3.63, 3.8) is 0 Å². The molecule has 31 heavy (non-hydrogen) atoms. The molecule has 0 bridgehead atoms. The van der Waals surface area contributed by atoms with Crippen LogP contribution in [0, 0.1) is 0 Å². The molecule has 0 unspecified atom stereocenters. The Balaban J connectivity index is 1.49. The van der Waals surface area contributed by atoms with Crippen molar-refractivity contribution >= 4 is 51.4 Å². The predicted octanol–water partition coefficient (Wildman–Crippen LogP) is 5.03. The van der Waals surface area contributed by atoms with E-state index >= 15 is 0 Å². The molecule has 0 atom stereocenters. The number of carbonyl (C=O) groups excluding carboxylic acids is 2. The quantitative estimate of drug-likeness (QED) is 0.437. The Morgan fingerprint density at radius 2 is 1.90 bits per heavy atom. The van der Waals surface area contributed by atoms with Gasteiger partial charge in [0.1, 0.15) is 11.5 Å². The van der Waals surface area contributed by atoms with Gasteiger partial charge in [-0.15, -0.1) is 11.3 Å². The van der Waals surface area contributed by atoms with Gasteiger partial charge in [-0.05, 0) is 36.8 Å². The van der Waals surface area contributed by atoms with Gasteiger partial charge in [-0.3, -0.25) is 10.1 Å². The third-order valence-corrected chi connectivity index (χ3v) is 5.19. The molecule has 0 saturated carbocycles. The zero-order valence-electron chi connectivity index (χ0n) is 16.9. The fraction of sp³-hybridized carbons (Fsp3) is 0.190. The first-order valence-electron chi connectivity index (χ1n) is 9.26. The summed E-state index contributed by atoms with van der Waals surface area (Å²) in [6.07, 6.45) is 0.658. The standard InChI is InChI=1S/C21H21ClN4O4S/c1-29-16-7-8-17(18(11-16)30-2)25-19(27)9-6-15-12-31-21(24-15)26-20(28)23-14-5-3-4-13(22)10-14/h3-5,7-8,10-12H,6,9H2,1-2H3,(H,25,27)(H2,23,24,26,28). The highest BCUT2D eigenvalue weighted by molar-refractivity contribution is 7.13. The third kappa shape index (κ3) is 6.59. The Morgan fingerprint density at radius 3 is 2.65 bits per heavy atom. The predicted molar refractivity (Wildman–Crippen MR) is 123 cm³/mol. The second-order valence-corrected chi connectivity index (χ2v) is 7.64. The minimum atomic E-state index is -0.424. The number of halogens is 1. The number of methoxy groups -OCH3 is 2. The molecule has 3 amide bonds. The summed E-state index contributed by atoms with van der Waals surface area (Å²) in [6.45, 7) is 0. The molecule has 10 heteroatoms. The zero-order valence-corrected chi connectivity index (χ0v) is 18.5. The minimum absolute atomic E-state index is 0.176. The average molecular weight is 461 g/mol. The van der Waals surface area contributed by atoms with Crippen molar-refractivity contribution in [3.05, 3.63) is 58.6 Å².